The second-order valence-electron chi connectivity index (χ2n) is 6.03. The fourth-order valence-corrected chi connectivity index (χ4v) is 2.89. The average Bonchev–Trinajstić information content (AvgIpc) is 2.54. The number of nitrogens with zero attached hydrogens (tertiary/aromatic N) is 1. The quantitative estimate of drug-likeness (QED) is 0.921. The van der Waals surface area contributed by atoms with Crippen molar-refractivity contribution in [2.45, 2.75) is 26.0 Å². The van der Waals surface area contributed by atoms with Gasteiger partial charge in [0.2, 0.25) is 0 Å². The lowest BCUT2D eigenvalue weighted by molar-refractivity contribution is 0.0638. The third-order valence-electron chi connectivity index (χ3n) is 4.14. The monoisotopic (exact) mass is 297 g/mol. The highest BCUT2D eigenvalue weighted by atomic mass is 16.5. The van der Waals surface area contributed by atoms with Crippen LogP contribution in [0.4, 0.5) is 0 Å². The minimum atomic E-state index is -0.466. The van der Waals surface area contributed by atoms with E-state index in [0.29, 0.717) is 13.2 Å². The number of hydrogen-bond donors (Lipinski definition) is 1. The third kappa shape index (κ3) is 3.87. The molecule has 3 rings (SSSR count). The standard InChI is InChI=1S/C19H23NO2/c1-15-6-8-19(9-7-15)22-14-18(21)13-20-11-10-16-4-2-3-5-17(16)12-20/h2-9,18,21H,10-14H2,1H3/t18-/m0/s1. The smallest absolute Gasteiger partial charge is 0.119 e. The normalized spacial score (nSPS) is 16.1. The Morgan fingerprint density at radius 3 is 2.59 bits per heavy atom. The van der Waals surface area contributed by atoms with Crippen molar-refractivity contribution in [1.82, 2.24) is 4.90 Å². The molecule has 1 atom stereocenters. The van der Waals surface area contributed by atoms with Crippen molar-refractivity contribution in [3.8, 4) is 5.75 Å². The topological polar surface area (TPSA) is 32.7 Å². The molecule has 0 amide bonds. The van der Waals surface area contributed by atoms with Gasteiger partial charge >= 0.3 is 0 Å². The number of hydrogen-bond acceptors (Lipinski definition) is 3. The number of aryl methyl sites for hydroxylation is 1. The number of aliphatic hydroxyl groups excluding tert-OH is 1. The zero-order valence-corrected chi connectivity index (χ0v) is 13.0. The van der Waals surface area contributed by atoms with E-state index in [9.17, 15) is 5.11 Å². The second-order valence-corrected chi connectivity index (χ2v) is 6.03. The van der Waals surface area contributed by atoms with Crippen LogP contribution in [0.15, 0.2) is 48.5 Å². The molecule has 22 heavy (non-hydrogen) atoms. The van der Waals surface area contributed by atoms with Crippen LogP contribution in [0.1, 0.15) is 16.7 Å². The number of aliphatic hydroxyl groups is 1. The molecule has 1 N–H and O–H groups in total. The maximum Gasteiger partial charge on any atom is 0.119 e. The Balaban J connectivity index is 1.48. The highest BCUT2D eigenvalue weighted by Gasteiger charge is 2.18. The Kier molecular flexibility index (Phi) is 4.76. The van der Waals surface area contributed by atoms with E-state index in [2.05, 4.69) is 29.2 Å². The minimum absolute atomic E-state index is 0.335. The summed E-state index contributed by atoms with van der Waals surface area (Å²) in [6.45, 7) is 4.95. The summed E-state index contributed by atoms with van der Waals surface area (Å²) in [4.78, 5) is 2.30. The van der Waals surface area contributed by atoms with E-state index in [1.807, 2.05) is 31.2 Å². The van der Waals surface area contributed by atoms with Crippen LogP contribution < -0.4 is 4.74 Å². The molecule has 1 heterocycles. The molecule has 0 unspecified atom stereocenters. The molecule has 2 aromatic rings. The molecular weight excluding hydrogens is 274 g/mol. The maximum absolute atomic E-state index is 10.2. The predicted octanol–water partition coefficient (Wildman–Crippen LogP) is 2.79. The van der Waals surface area contributed by atoms with Gasteiger partial charge in [0.05, 0.1) is 0 Å². The summed E-state index contributed by atoms with van der Waals surface area (Å²) < 4.78 is 5.66. The molecule has 0 radical (unpaired) electrons. The average molecular weight is 297 g/mol. The first-order chi connectivity index (χ1) is 10.7. The molecule has 2 aromatic carbocycles. The molecule has 0 bridgehead atoms. The molecule has 116 valence electrons. The number of fused-ring (bicyclic) bond motifs is 1. The van der Waals surface area contributed by atoms with Crippen LogP contribution in [0.25, 0.3) is 0 Å². The second kappa shape index (κ2) is 6.95. The maximum atomic E-state index is 10.2. The Bertz CT molecular complexity index is 609. The van der Waals surface area contributed by atoms with Gasteiger partial charge in [0, 0.05) is 19.6 Å². The Hall–Kier alpha value is -1.84. The first-order valence-electron chi connectivity index (χ1n) is 7.87. The molecule has 3 nitrogen and oxygen atoms in total. The zero-order chi connectivity index (χ0) is 15.4. The summed E-state index contributed by atoms with van der Waals surface area (Å²) in [6, 6.07) is 16.5. The summed E-state index contributed by atoms with van der Waals surface area (Å²) in [6.07, 6.45) is 0.591. The van der Waals surface area contributed by atoms with Gasteiger partial charge in [0.15, 0.2) is 0 Å². The van der Waals surface area contributed by atoms with Crippen LogP contribution >= 0.6 is 0 Å². The van der Waals surface area contributed by atoms with Crippen LogP contribution in [0.2, 0.25) is 0 Å². The van der Waals surface area contributed by atoms with Gasteiger partial charge in [-0.25, -0.2) is 0 Å². The van der Waals surface area contributed by atoms with Gasteiger partial charge in [-0.1, -0.05) is 42.0 Å². The van der Waals surface area contributed by atoms with Gasteiger partial charge in [-0.05, 0) is 36.6 Å². The summed E-state index contributed by atoms with van der Waals surface area (Å²) in [5, 5.41) is 10.2. The van der Waals surface area contributed by atoms with E-state index in [4.69, 9.17) is 4.74 Å². The van der Waals surface area contributed by atoms with Gasteiger partial charge in [-0.2, -0.15) is 0 Å². The summed E-state index contributed by atoms with van der Waals surface area (Å²) in [5.74, 6) is 0.814. The van der Waals surface area contributed by atoms with E-state index >= 15 is 0 Å². The minimum Gasteiger partial charge on any atom is -0.491 e. The van der Waals surface area contributed by atoms with Crippen molar-refractivity contribution in [2.75, 3.05) is 19.7 Å². The molecule has 0 saturated carbocycles. The molecule has 0 aromatic heterocycles. The van der Waals surface area contributed by atoms with Crippen molar-refractivity contribution in [2.24, 2.45) is 0 Å². The lowest BCUT2D eigenvalue weighted by Crippen LogP contribution is -2.38. The highest BCUT2D eigenvalue weighted by molar-refractivity contribution is 5.29. The summed E-state index contributed by atoms with van der Waals surface area (Å²) in [5.41, 5.74) is 4.02. The van der Waals surface area contributed by atoms with Gasteiger partial charge < -0.3 is 9.84 Å². The molecule has 0 aliphatic carbocycles. The van der Waals surface area contributed by atoms with Crippen LogP contribution in [0.5, 0.6) is 5.75 Å². The van der Waals surface area contributed by atoms with E-state index in [-0.39, 0.29) is 0 Å². The first kappa shape index (κ1) is 15.1. The number of rotatable bonds is 5. The van der Waals surface area contributed by atoms with Crippen molar-refractivity contribution in [3.63, 3.8) is 0 Å². The predicted molar refractivity (Wildman–Crippen MR) is 88.1 cm³/mol. The highest BCUT2D eigenvalue weighted by Crippen LogP contribution is 2.18. The number of benzene rings is 2. The van der Waals surface area contributed by atoms with E-state index in [0.717, 1.165) is 25.3 Å². The van der Waals surface area contributed by atoms with Crippen molar-refractivity contribution in [1.29, 1.82) is 0 Å². The van der Waals surface area contributed by atoms with Crippen LogP contribution in [0.3, 0.4) is 0 Å². The van der Waals surface area contributed by atoms with Crippen LogP contribution in [-0.2, 0) is 13.0 Å². The lowest BCUT2D eigenvalue weighted by Gasteiger charge is -2.30. The van der Waals surface area contributed by atoms with Gasteiger partial charge in [0.1, 0.15) is 18.5 Å². The van der Waals surface area contributed by atoms with Crippen molar-refractivity contribution < 1.29 is 9.84 Å². The fourth-order valence-electron chi connectivity index (χ4n) is 2.89. The number of β-amino-alcohol motifs (C(OH)–C–C–N with tert-alkyl or cyclic N) is 1. The van der Waals surface area contributed by atoms with Crippen molar-refractivity contribution >= 4 is 0 Å². The number of ether oxygens (including phenoxy) is 1. The van der Waals surface area contributed by atoms with Gasteiger partial charge in [0.25, 0.3) is 0 Å². The van der Waals surface area contributed by atoms with Crippen LogP contribution in [0, 0.1) is 6.92 Å². The fraction of sp³-hybridized carbons (Fsp3) is 0.368. The third-order valence-corrected chi connectivity index (χ3v) is 4.14. The van der Waals surface area contributed by atoms with Crippen molar-refractivity contribution in [3.05, 3.63) is 65.2 Å². The molecule has 0 saturated heterocycles. The molecular formula is C19H23NO2. The van der Waals surface area contributed by atoms with E-state index in [1.165, 1.54) is 16.7 Å². The largest absolute Gasteiger partial charge is 0.491 e. The van der Waals surface area contributed by atoms with Gasteiger partial charge in [-0.3, -0.25) is 4.90 Å². The molecule has 1 aliphatic heterocycles. The molecule has 1 aliphatic rings. The SMILES string of the molecule is Cc1ccc(OC[C@@H](O)CN2CCc3ccccc3C2)cc1. The summed E-state index contributed by atoms with van der Waals surface area (Å²) >= 11 is 0. The van der Waals surface area contributed by atoms with Crippen LogP contribution in [-0.4, -0.2) is 35.8 Å². The lowest BCUT2D eigenvalue weighted by atomic mass is 10.00. The molecule has 0 spiro atoms. The van der Waals surface area contributed by atoms with E-state index < -0.39 is 6.10 Å². The zero-order valence-electron chi connectivity index (χ0n) is 13.0. The molecule has 0 fully saturated rings. The first-order valence-corrected chi connectivity index (χ1v) is 7.87. The molecule has 3 heteroatoms. The Labute approximate surface area is 132 Å². The van der Waals surface area contributed by atoms with E-state index in [1.54, 1.807) is 0 Å². The Morgan fingerprint density at radius 2 is 1.82 bits per heavy atom. The summed E-state index contributed by atoms with van der Waals surface area (Å²) in [7, 11) is 0. The van der Waals surface area contributed by atoms with Gasteiger partial charge in [-0.15, -0.1) is 0 Å². The Morgan fingerprint density at radius 1 is 1.09 bits per heavy atom.